The second-order valence-corrected chi connectivity index (χ2v) is 3.95. The number of carbonyl (C=O) groups is 1. The molecule has 0 radical (unpaired) electrons. The van der Waals surface area contributed by atoms with Gasteiger partial charge in [0.15, 0.2) is 0 Å². The molecule has 1 aromatic carbocycles. The van der Waals surface area contributed by atoms with Crippen molar-refractivity contribution in [1.29, 1.82) is 0 Å². The molecule has 2 rings (SSSR count). The molecule has 0 bridgehead atoms. The highest BCUT2D eigenvalue weighted by atomic mass is 32.2. The highest BCUT2D eigenvalue weighted by molar-refractivity contribution is 7.99. The third-order valence-corrected chi connectivity index (χ3v) is 2.98. The molecule has 3 nitrogen and oxygen atoms in total. The minimum Gasteiger partial charge on any atom is -0.478 e. The van der Waals surface area contributed by atoms with Crippen LogP contribution in [-0.2, 0) is 0 Å². The SMILES string of the molecule is Cc1cc2c(cc1C(=O)O)SCN2. The van der Waals surface area contributed by atoms with Gasteiger partial charge in [-0.1, -0.05) is 0 Å². The maximum atomic E-state index is 10.8. The number of benzene rings is 1. The fourth-order valence-corrected chi connectivity index (χ4v) is 2.24. The van der Waals surface area contributed by atoms with Crippen molar-refractivity contribution in [2.45, 2.75) is 11.8 Å². The van der Waals surface area contributed by atoms with Crippen molar-refractivity contribution < 1.29 is 9.90 Å². The number of thioether (sulfide) groups is 1. The van der Waals surface area contributed by atoms with Gasteiger partial charge < -0.3 is 10.4 Å². The van der Waals surface area contributed by atoms with Gasteiger partial charge in [-0.2, -0.15) is 0 Å². The van der Waals surface area contributed by atoms with Crippen LogP contribution < -0.4 is 5.32 Å². The lowest BCUT2D eigenvalue weighted by atomic mass is 10.1. The van der Waals surface area contributed by atoms with Crippen LogP contribution in [0.1, 0.15) is 15.9 Å². The Balaban J connectivity index is 2.55. The van der Waals surface area contributed by atoms with E-state index in [0.717, 1.165) is 22.0 Å². The lowest BCUT2D eigenvalue weighted by Crippen LogP contribution is -2.00. The van der Waals surface area contributed by atoms with Gasteiger partial charge in [0, 0.05) is 10.6 Å². The average Bonchev–Trinajstić information content (AvgIpc) is 2.48. The topological polar surface area (TPSA) is 49.3 Å². The number of aryl methyl sites for hydroxylation is 1. The molecular formula is C9H9NO2S. The molecule has 1 aliphatic rings. The molecule has 0 saturated carbocycles. The number of carboxylic acids is 1. The molecule has 13 heavy (non-hydrogen) atoms. The fourth-order valence-electron chi connectivity index (χ4n) is 1.37. The summed E-state index contributed by atoms with van der Waals surface area (Å²) in [4.78, 5) is 11.8. The van der Waals surface area contributed by atoms with E-state index in [4.69, 9.17) is 5.11 Å². The van der Waals surface area contributed by atoms with Gasteiger partial charge in [-0.25, -0.2) is 4.79 Å². The molecule has 0 amide bonds. The molecule has 0 spiro atoms. The summed E-state index contributed by atoms with van der Waals surface area (Å²) in [5, 5.41) is 12.0. The summed E-state index contributed by atoms with van der Waals surface area (Å²) in [5.41, 5.74) is 2.25. The van der Waals surface area contributed by atoms with Crippen molar-refractivity contribution in [3.05, 3.63) is 23.3 Å². The van der Waals surface area contributed by atoms with E-state index in [1.807, 2.05) is 13.0 Å². The van der Waals surface area contributed by atoms with Crippen LogP contribution in [0.3, 0.4) is 0 Å². The van der Waals surface area contributed by atoms with E-state index < -0.39 is 5.97 Å². The zero-order chi connectivity index (χ0) is 9.42. The summed E-state index contributed by atoms with van der Waals surface area (Å²) in [5.74, 6) is -0.0227. The smallest absolute Gasteiger partial charge is 0.335 e. The van der Waals surface area contributed by atoms with Gasteiger partial charge in [0.25, 0.3) is 0 Å². The Morgan fingerprint density at radius 3 is 3.08 bits per heavy atom. The zero-order valence-electron chi connectivity index (χ0n) is 7.13. The molecule has 0 aliphatic carbocycles. The largest absolute Gasteiger partial charge is 0.478 e. The fraction of sp³-hybridized carbons (Fsp3) is 0.222. The lowest BCUT2D eigenvalue weighted by Gasteiger charge is -2.04. The quantitative estimate of drug-likeness (QED) is 0.721. The molecule has 2 N–H and O–H groups in total. The molecule has 0 fully saturated rings. The van der Waals surface area contributed by atoms with Gasteiger partial charge in [0.2, 0.25) is 0 Å². The van der Waals surface area contributed by atoms with Crippen LogP contribution in [0.25, 0.3) is 0 Å². The number of carboxylic acid groups (broad SMARTS) is 1. The van der Waals surface area contributed by atoms with Crippen LogP contribution in [0.2, 0.25) is 0 Å². The maximum absolute atomic E-state index is 10.8. The standard InChI is InChI=1S/C9H9NO2S/c1-5-2-7-8(13-4-10-7)3-6(5)9(11)12/h2-3,10H,4H2,1H3,(H,11,12). The van der Waals surface area contributed by atoms with Gasteiger partial charge in [0.1, 0.15) is 0 Å². The highest BCUT2D eigenvalue weighted by Crippen LogP contribution is 2.35. The van der Waals surface area contributed by atoms with Crippen molar-refractivity contribution in [3.63, 3.8) is 0 Å². The Hall–Kier alpha value is -1.16. The van der Waals surface area contributed by atoms with Crippen molar-refractivity contribution in [2.24, 2.45) is 0 Å². The molecule has 1 aromatic rings. The molecule has 1 heterocycles. The predicted octanol–water partition coefficient (Wildman–Crippen LogP) is 2.17. The summed E-state index contributed by atoms with van der Waals surface area (Å²) in [6.07, 6.45) is 0. The number of hydrogen-bond donors (Lipinski definition) is 2. The summed E-state index contributed by atoms with van der Waals surface area (Å²) in [7, 11) is 0. The Labute approximate surface area is 80.1 Å². The molecule has 1 aliphatic heterocycles. The molecule has 68 valence electrons. The highest BCUT2D eigenvalue weighted by Gasteiger charge is 2.15. The lowest BCUT2D eigenvalue weighted by molar-refractivity contribution is 0.0696. The van der Waals surface area contributed by atoms with Gasteiger partial charge in [-0.05, 0) is 24.6 Å². The zero-order valence-corrected chi connectivity index (χ0v) is 7.94. The average molecular weight is 195 g/mol. The van der Waals surface area contributed by atoms with Gasteiger partial charge >= 0.3 is 5.97 Å². The molecule has 0 saturated heterocycles. The number of rotatable bonds is 1. The van der Waals surface area contributed by atoms with Gasteiger partial charge in [-0.15, -0.1) is 11.8 Å². The number of hydrogen-bond acceptors (Lipinski definition) is 3. The number of aromatic carboxylic acids is 1. The first-order valence-electron chi connectivity index (χ1n) is 3.93. The van der Waals surface area contributed by atoms with Crippen LogP contribution >= 0.6 is 11.8 Å². The second-order valence-electron chi connectivity index (χ2n) is 2.93. The Morgan fingerprint density at radius 1 is 1.62 bits per heavy atom. The summed E-state index contributed by atoms with van der Waals surface area (Å²) in [6, 6.07) is 3.62. The number of fused-ring (bicyclic) bond motifs is 1. The first-order valence-corrected chi connectivity index (χ1v) is 4.91. The van der Waals surface area contributed by atoms with Gasteiger partial charge in [-0.3, -0.25) is 0 Å². The van der Waals surface area contributed by atoms with E-state index in [9.17, 15) is 4.79 Å². The molecule has 0 unspecified atom stereocenters. The van der Waals surface area contributed by atoms with E-state index in [-0.39, 0.29) is 0 Å². The molecular weight excluding hydrogens is 186 g/mol. The minimum atomic E-state index is -0.854. The van der Waals surface area contributed by atoms with E-state index >= 15 is 0 Å². The van der Waals surface area contributed by atoms with Crippen LogP contribution in [0, 0.1) is 6.92 Å². The Kier molecular flexibility index (Phi) is 1.92. The molecule has 0 atom stereocenters. The predicted molar refractivity (Wildman–Crippen MR) is 52.5 cm³/mol. The van der Waals surface area contributed by atoms with Crippen LogP contribution in [0.5, 0.6) is 0 Å². The Morgan fingerprint density at radius 2 is 2.38 bits per heavy atom. The monoisotopic (exact) mass is 195 g/mol. The minimum absolute atomic E-state index is 0.398. The molecule has 4 heteroatoms. The normalized spacial score (nSPS) is 13.6. The van der Waals surface area contributed by atoms with Crippen LogP contribution in [-0.4, -0.2) is 17.0 Å². The molecule has 0 aromatic heterocycles. The van der Waals surface area contributed by atoms with Crippen LogP contribution in [0.4, 0.5) is 5.69 Å². The van der Waals surface area contributed by atoms with Crippen LogP contribution in [0.15, 0.2) is 17.0 Å². The van der Waals surface area contributed by atoms with Crippen molar-refractivity contribution in [1.82, 2.24) is 0 Å². The number of anilines is 1. The summed E-state index contributed by atoms with van der Waals surface area (Å²) >= 11 is 1.63. The summed E-state index contributed by atoms with van der Waals surface area (Å²) < 4.78 is 0. The second kappa shape index (κ2) is 2.96. The third-order valence-electron chi connectivity index (χ3n) is 2.05. The van der Waals surface area contributed by atoms with E-state index in [2.05, 4.69) is 5.32 Å². The Bertz CT molecular complexity index is 376. The van der Waals surface area contributed by atoms with Gasteiger partial charge in [0.05, 0.1) is 11.4 Å². The van der Waals surface area contributed by atoms with Crippen molar-refractivity contribution in [2.75, 3.05) is 11.2 Å². The number of nitrogens with one attached hydrogen (secondary N) is 1. The van der Waals surface area contributed by atoms with E-state index in [0.29, 0.717) is 5.56 Å². The third kappa shape index (κ3) is 1.37. The van der Waals surface area contributed by atoms with E-state index in [1.165, 1.54) is 0 Å². The van der Waals surface area contributed by atoms with Crippen molar-refractivity contribution >= 4 is 23.4 Å². The van der Waals surface area contributed by atoms with Crippen molar-refractivity contribution in [3.8, 4) is 0 Å². The first kappa shape index (κ1) is 8.44. The summed E-state index contributed by atoms with van der Waals surface area (Å²) in [6.45, 7) is 1.81. The first-order chi connectivity index (χ1) is 6.18. The van der Waals surface area contributed by atoms with E-state index in [1.54, 1.807) is 17.8 Å². The maximum Gasteiger partial charge on any atom is 0.335 e.